The van der Waals surface area contributed by atoms with Crippen LogP contribution in [0.3, 0.4) is 0 Å². The zero-order chi connectivity index (χ0) is 14.0. The molecular weight excluding hydrogens is 270 g/mol. The first-order valence-electron chi connectivity index (χ1n) is 5.92. The molecular formula is C11H15N3O4S. The molecule has 2 N–H and O–H groups in total. The smallest absolute Gasteiger partial charge is 0.331 e. The third-order valence-electron chi connectivity index (χ3n) is 3.05. The Morgan fingerprint density at radius 2 is 2.26 bits per heavy atom. The number of amides is 1. The van der Waals surface area contributed by atoms with Crippen LogP contribution in [-0.4, -0.2) is 45.3 Å². The molecule has 0 bridgehead atoms. The third-order valence-corrected chi connectivity index (χ3v) is 3.79. The average molecular weight is 285 g/mol. The van der Waals surface area contributed by atoms with Crippen LogP contribution in [0, 0.1) is 0 Å². The lowest BCUT2D eigenvalue weighted by atomic mass is 9.98. The van der Waals surface area contributed by atoms with Crippen LogP contribution >= 0.6 is 11.5 Å². The van der Waals surface area contributed by atoms with Gasteiger partial charge in [0.05, 0.1) is 12.3 Å². The number of carboxylic acid groups (broad SMARTS) is 1. The second-order valence-corrected chi connectivity index (χ2v) is 5.54. The highest BCUT2D eigenvalue weighted by Crippen LogP contribution is 2.23. The minimum Gasteiger partial charge on any atom is -0.479 e. The minimum atomic E-state index is -1.34. The summed E-state index contributed by atoms with van der Waals surface area (Å²) in [5.41, 5.74) is -0.753. The van der Waals surface area contributed by atoms with E-state index in [1.165, 1.54) is 0 Å². The van der Waals surface area contributed by atoms with Gasteiger partial charge in [0.1, 0.15) is 4.88 Å². The normalized spacial score (nSPS) is 22.7. The maximum Gasteiger partial charge on any atom is 0.331 e. The van der Waals surface area contributed by atoms with Crippen LogP contribution in [0.15, 0.2) is 0 Å². The first-order chi connectivity index (χ1) is 8.96. The molecule has 1 aromatic heterocycles. The molecule has 1 amide bonds. The number of hydrogen-bond donors (Lipinski definition) is 2. The molecule has 1 atom stereocenters. The maximum absolute atomic E-state index is 12.2. The van der Waals surface area contributed by atoms with Crippen LogP contribution in [0.25, 0.3) is 0 Å². The van der Waals surface area contributed by atoms with Crippen molar-refractivity contribution >= 4 is 23.4 Å². The first-order valence-corrected chi connectivity index (χ1v) is 6.69. The molecule has 0 aliphatic carbocycles. The van der Waals surface area contributed by atoms with Crippen molar-refractivity contribution < 1.29 is 19.4 Å². The Morgan fingerprint density at radius 3 is 2.79 bits per heavy atom. The Kier molecular flexibility index (Phi) is 3.81. The number of carbonyl (C=O) groups is 2. The predicted molar refractivity (Wildman–Crippen MR) is 67.3 cm³/mol. The highest BCUT2D eigenvalue weighted by molar-refractivity contribution is 7.08. The second kappa shape index (κ2) is 5.22. The van der Waals surface area contributed by atoms with Gasteiger partial charge in [-0.15, -0.1) is 5.10 Å². The molecule has 0 spiro atoms. The predicted octanol–water partition coefficient (Wildman–Crippen LogP) is 0.635. The SMILES string of the molecule is CC(C)c1nnsc1C(=O)NC1(C(=O)O)CCOC1. The molecule has 1 unspecified atom stereocenters. The summed E-state index contributed by atoms with van der Waals surface area (Å²) in [4.78, 5) is 23.9. The monoisotopic (exact) mass is 285 g/mol. The number of hydrogen-bond acceptors (Lipinski definition) is 6. The first kappa shape index (κ1) is 13.9. The van der Waals surface area contributed by atoms with Gasteiger partial charge in [-0.05, 0) is 17.5 Å². The third kappa shape index (κ3) is 2.59. The Balaban J connectivity index is 2.20. The van der Waals surface area contributed by atoms with Crippen LogP contribution < -0.4 is 5.32 Å². The Hall–Kier alpha value is -1.54. The van der Waals surface area contributed by atoms with Crippen LogP contribution in [-0.2, 0) is 9.53 Å². The van der Waals surface area contributed by atoms with E-state index in [1.54, 1.807) is 0 Å². The molecule has 0 saturated carbocycles. The van der Waals surface area contributed by atoms with E-state index in [0.29, 0.717) is 17.2 Å². The van der Waals surface area contributed by atoms with Gasteiger partial charge >= 0.3 is 5.97 Å². The van der Waals surface area contributed by atoms with Crippen molar-refractivity contribution in [1.82, 2.24) is 14.9 Å². The summed E-state index contributed by atoms with van der Waals surface area (Å²) in [6, 6.07) is 0. The summed E-state index contributed by atoms with van der Waals surface area (Å²) in [6.07, 6.45) is 0.261. The van der Waals surface area contributed by atoms with E-state index in [9.17, 15) is 14.7 Å². The molecule has 7 nitrogen and oxygen atoms in total. The molecule has 0 aromatic carbocycles. The highest BCUT2D eigenvalue weighted by Gasteiger charge is 2.44. The van der Waals surface area contributed by atoms with E-state index in [2.05, 4.69) is 14.9 Å². The number of carboxylic acids is 1. The van der Waals surface area contributed by atoms with E-state index in [1.807, 2.05) is 13.8 Å². The molecule has 1 aliphatic rings. The summed E-state index contributed by atoms with van der Waals surface area (Å²) in [5.74, 6) is -1.48. The highest BCUT2D eigenvalue weighted by atomic mass is 32.1. The fourth-order valence-corrected chi connectivity index (χ4v) is 2.61. The van der Waals surface area contributed by atoms with Crippen molar-refractivity contribution in [3.8, 4) is 0 Å². The van der Waals surface area contributed by atoms with E-state index >= 15 is 0 Å². The van der Waals surface area contributed by atoms with Gasteiger partial charge in [0.2, 0.25) is 0 Å². The molecule has 1 aromatic rings. The van der Waals surface area contributed by atoms with Gasteiger partial charge in [0.15, 0.2) is 5.54 Å². The fourth-order valence-electron chi connectivity index (χ4n) is 1.89. The van der Waals surface area contributed by atoms with Gasteiger partial charge in [-0.25, -0.2) is 4.79 Å². The van der Waals surface area contributed by atoms with Gasteiger partial charge < -0.3 is 15.2 Å². The van der Waals surface area contributed by atoms with Crippen LogP contribution in [0.2, 0.25) is 0 Å². The molecule has 104 valence electrons. The summed E-state index contributed by atoms with van der Waals surface area (Å²) in [6.45, 7) is 4.11. The topological polar surface area (TPSA) is 101 Å². The number of aromatic nitrogens is 2. The lowest BCUT2D eigenvalue weighted by Crippen LogP contribution is -2.55. The van der Waals surface area contributed by atoms with Crippen molar-refractivity contribution in [1.29, 1.82) is 0 Å². The van der Waals surface area contributed by atoms with Gasteiger partial charge in [-0.1, -0.05) is 18.3 Å². The van der Waals surface area contributed by atoms with Gasteiger partial charge in [-0.2, -0.15) is 0 Å². The van der Waals surface area contributed by atoms with Crippen LogP contribution in [0.4, 0.5) is 0 Å². The average Bonchev–Trinajstić information content (AvgIpc) is 2.97. The number of nitrogens with one attached hydrogen (secondary N) is 1. The Morgan fingerprint density at radius 1 is 1.53 bits per heavy atom. The fraction of sp³-hybridized carbons (Fsp3) is 0.636. The van der Waals surface area contributed by atoms with Crippen molar-refractivity contribution in [2.75, 3.05) is 13.2 Å². The zero-order valence-corrected chi connectivity index (χ0v) is 11.5. The van der Waals surface area contributed by atoms with Crippen molar-refractivity contribution in [3.05, 3.63) is 10.6 Å². The number of nitrogens with zero attached hydrogens (tertiary/aromatic N) is 2. The minimum absolute atomic E-state index is 0.0165. The summed E-state index contributed by atoms with van der Waals surface area (Å²) < 4.78 is 8.85. The lowest BCUT2D eigenvalue weighted by molar-refractivity contribution is -0.144. The van der Waals surface area contributed by atoms with Crippen molar-refractivity contribution in [3.63, 3.8) is 0 Å². The summed E-state index contributed by atoms with van der Waals surface area (Å²) >= 11 is 0.973. The molecule has 1 saturated heterocycles. The Bertz CT molecular complexity index is 494. The molecule has 8 heteroatoms. The number of aliphatic carboxylic acids is 1. The van der Waals surface area contributed by atoms with Gasteiger partial charge in [-0.3, -0.25) is 4.79 Å². The van der Waals surface area contributed by atoms with Crippen LogP contribution in [0.1, 0.15) is 41.6 Å². The van der Waals surface area contributed by atoms with Gasteiger partial charge in [0, 0.05) is 13.0 Å². The standard InChI is InChI=1S/C11H15N3O4S/c1-6(2)7-8(19-14-13-7)9(15)12-11(10(16)17)3-4-18-5-11/h6H,3-5H2,1-2H3,(H,12,15)(H,16,17). The number of ether oxygens (including phenoxy) is 1. The molecule has 2 rings (SSSR count). The maximum atomic E-state index is 12.2. The lowest BCUT2D eigenvalue weighted by Gasteiger charge is -2.23. The summed E-state index contributed by atoms with van der Waals surface area (Å²) in [7, 11) is 0. The van der Waals surface area contributed by atoms with Crippen molar-refractivity contribution in [2.45, 2.75) is 31.7 Å². The Labute approximate surface area is 114 Å². The molecule has 1 aliphatic heterocycles. The largest absolute Gasteiger partial charge is 0.479 e. The second-order valence-electron chi connectivity index (χ2n) is 4.79. The van der Waals surface area contributed by atoms with E-state index in [-0.39, 0.29) is 18.9 Å². The zero-order valence-electron chi connectivity index (χ0n) is 10.7. The van der Waals surface area contributed by atoms with E-state index in [0.717, 1.165) is 11.5 Å². The number of rotatable bonds is 4. The van der Waals surface area contributed by atoms with E-state index < -0.39 is 17.4 Å². The molecule has 19 heavy (non-hydrogen) atoms. The number of carbonyl (C=O) groups excluding carboxylic acids is 1. The molecule has 2 heterocycles. The van der Waals surface area contributed by atoms with Gasteiger partial charge in [0.25, 0.3) is 5.91 Å². The van der Waals surface area contributed by atoms with Crippen LogP contribution in [0.5, 0.6) is 0 Å². The molecule has 1 fully saturated rings. The molecule has 0 radical (unpaired) electrons. The summed E-state index contributed by atoms with van der Waals surface area (Å²) in [5, 5.41) is 15.7. The van der Waals surface area contributed by atoms with Crippen molar-refractivity contribution in [2.24, 2.45) is 0 Å². The quantitative estimate of drug-likeness (QED) is 0.841. The van der Waals surface area contributed by atoms with E-state index in [4.69, 9.17) is 4.74 Å².